The molecule has 116 valence electrons. The Morgan fingerprint density at radius 2 is 2.36 bits per heavy atom. The number of carbonyl (C=O) groups excluding carboxylic acids is 1. The van der Waals surface area contributed by atoms with E-state index >= 15 is 0 Å². The summed E-state index contributed by atoms with van der Waals surface area (Å²) < 4.78 is 5.31. The van der Waals surface area contributed by atoms with Crippen LogP contribution in [0.15, 0.2) is 28.0 Å². The molecular formula is C13H15ClN6O2. The van der Waals surface area contributed by atoms with Gasteiger partial charge in [0.15, 0.2) is 0 Å². The number of hydrazone groups is 1. The van der Waals surface area contributed by atoms with Crippen molar-refractivity contribution in [2.45, 2.75) is 6.42 Å². The number of anilines is 1. The summed E-state index contributed by atoms with van der Waals surface area (Å²) in [5.74, 6) is -0.0428. The number of aromatic amines is 1. The van der Waals surface area contributed by atoms with Crippen LogP contribution in [0.5, 0.6) is 0 Å². The number of hydrogen-bond donors (Lipinski definition) is 4. The van der Waals surface area contributed by atoms with Crippen molar-refractivity contribution in [3.63, 3.8) is 0 Å². The van der Waals surface area contributed by atoms with Crippen molar-refractivity contribution in [2.75, 3.05) is 18.4 Å². The highest BCUT2D eigenvalue weighted by atomic mass is 35.5. The highest BCUT2D eigenvalue weighted by Crippen LogP contribution is 2.24. The summed E-state index contributed by atoms with van der Waals surface area (Å²) in [6.07, 6.45) is 3.44. The predicted molar refractivity (Wildman–Crippen MR) is 81.7 cm³/mol. The van der Waals surface area contributed by atoms with Crippen LogP contribution >= 0.6 is 11.6 Å². The monoisotopic (exact) mass is 322 g/mol. The summed E-state index contributed by atoms with van der Waals surface area (Å²) >= 11 is 5.84. The second-order valence-corrected chi connectivity index (χ2v) is 5.27. The van der Waals surface area contributed by atoms with Gasteiger partial charge in [0.1, 0.15) is 23.4 Å². The van der Waals surface area contributed by atoms with Crippen molar-refractivity contribution in [3.8, 4) is 0 Å². The van der Waals surface area contributed by atoms with Gasteiger partial charge in [-0.15, -0.1) is 0 Å². The molecule has 5 N–H and O–H groups in total. The lowest BCUT2D eigenvalue weighted by Gasteiger charge is -2.10. The van der Waals surface area contributed by atoms with Crippen molar-refractivity contribution in [3.05, 3.63) is 35.0 Å². The molecular weight excluding hydrogens is 308 g/mol. The summed E-state index contributed by atoms with van der Waals surface area (Å²) in [5, 5.41) is 14.6. The molecule has 3 rings (SSSR count). The molecule has 0 aliphatic carbocycles. The van der Waals surface area contributed by atoms with Crippen LogP contribution in [0.25, 0.3) is 0 Å². The van der Waals surface area contributed by atoms with E-state index < -0.39 is 5.92 Å². The van der Waals surface area contributed by atoms with Crippen LogP contribution in [0.3, 0.4) is 0 Å². The van der Waals surface area contributed by atoms with Gasteiger partial charge < -0.3 is 15.5 Å². The number of aromatic nitrogens is 2. The Morgan fingerprint density at radius 1 is 1.50 bits per heavy atom. The van der Waals surface area contributed by atoms with Crippen molar-refractivity contribution >= 4 is 28.9 Å². The lowest BCUT2D eigenvalue weighted by molar-refractivity contribution is -0.122. The molecule has 0 fully saturated rings. The number of amides is 1. The van der Waals surface area contributed by atoms with Gasteiger partial charge in [0.05, 0.1) is 22.8 Å². The van der Waals surface area contributed by atoms with Crippen LogP contribution < -0.4 is 16.5 Å². The molecule has 1 amide bonds. The Kier molecular flexibility index (Phi) is 4.12. The van der Waals surface area contributed by atoms with E-state index in [1.54, 1.807) is 12.3 Å². The number of furan rings is 1. The van der Waals surface area contributed by atoms with Gasteiger partial charge in [-0.3, -0.25) is 9.89 Å². The standard InChI is InChI=1S/C13H15ClN6O2/c14-7-3-8(22-6-7)4-9-11(19-20-13(9)21)12-10(5-17-18-12)16-2-1-15/h3,5-6,9,16H,1-2,4,15H2,(H,17,18)(H,20,21). The molecule has 0 saturated heterocycles. The van der Waals surface area contributed by atoms with Crippen molar-refractivity contribution in [1.82, 2.24) is 15.6 Å². The lowest BCUT2D eigenvalue weighted by atomic mass is 9.95. The molecule has 2 aromatic heterocycles. The second-order valence-electron chi connectivity index (χ2n) is 4.84. The molecule has 0 aromatic carbocycles. The third-order valence-corrected chi connectivity index (χ3v) is 3.51. The van der Waals surface area contributed by atoms with Gasteiger partial charge in [-0.25, -0.2) is 5.43 Å². The van der Waals surface area contributed by atoms with E-state index in [1.165, 1.54) is 6.26 Å². The predicted octanol–water partition coefficient (Wildman–Crippen LogP) is 0.720. The molecule has 9 heteroatoms. The van der Waals surface area contributed by atoms with Gasteiger partial charge >= 0.3 is 0 Å². The topological polar surface area (TPSA) is 121 Å². The maximum absolute atomic E-state index is 12.0. The minimum absolute atomic E-state index is 0.193. The number of carbonyl (C=O) groups is 1. The summed E-state index contributed by atoms with van der Waals surface area (Å²) in [4.78, 5) is 12.0. The van der Waals surface area contributed by atoms with E-state index in [9.17, 15) is 4.79 Å². The van der Waals surface area contributed by atoms with Crippen LogP contribution in [-0.2, 0) is 11.2 Å². The minimum Gasteiger partial charge on any atom is -0.468 e. The molecule has 0 bridgehead atoms. The number of nitrogens with one attached hydrogen (secondary N) is 3. The Balaban J connectivity index is 1.83. The van der Waals surface area contributed by atoms with Crippen LogP contribution in [0.1, 0.15) is 11.5 Å². The van der Waals surface area contributed by atoms with Gasteiger partial charge in [-0.1, -0.05) is 11.6 Å². The van der Waals surface area contributed by atoms with Crippen LogP contribution in [0.4, 0.5) is 5.69 Å². The molecule has 1 aliphatic heterocycles. The zero-order chi connectivity index (χ0) is 15.5. The fourth-order valence-electron chi connectivity index (χ4n) is 2.30. The first-order chi connectivity index (χ1) is 10.7. The number of H-pyrrole nitrogens is 1. The molecule has 3 heterocycles. The summed E-state index contributed by atoms with van der Waals surface area (Å²) in [6, 6.07) is 1.69. The maximum Gasteiger partial charge on any atom is 0.249 e. The normalized spacial score (nSPS) is 17.5. The molecule has 2 aromatic rings. The number of rotatable bonds is 6. The third kappa shape index (κ3) is 2.83. The van der Waals surface area contributed by atoms with Gasteiger partial charge in [-0.2, -0.15) is 10.2 Å². The fourth-order valence-corrected chi connectivity index (χ4v) is 2.47. The molecule has 1 aliphatic rings. The lowest BCUT2D eigenvalue weighted by Crippen LogP contribution is -2.26. The van der Waals surface area contributed by atoms with Crippen LogP contribution in [0.2, 0.25) is 5.02 Å². The van der Waals surface area contributed by atoms with Crippen molar-refractivity contribution in [1.29, 1.82) is 0 Å². The summed E-state index contributed by atoms with van der Waals surface area (Å²) in [6.45, 7) is 1.09. The van der Waals surface area contributed by atoms with Gasteiger partial charge in [0.2, 0.25) is 5.91 Å². The van der Waals surface area contributed by atoms with E-state index in [2.05, 4.69) is 26.0 Å². The third-order valence-electron chi connectivity index (χ3n) is 3.32. The highest BCUT2D eigenvalue weighted by molar-refractivity contribution is 6.30. The SMILES string of the molecule is NCCNc1cn[nH]c1C1=NNC(=O)C1Cc1cc(Cl)co1. The summed E-state index contributed by atoms with van der Waals surface area (Å²) in [7, 11) is 0. The number of halogens is 1. The number of nitrogens with zero attached hydrogens (tertiary/aromatic N) is 2. The van der Waals surface area contributed by atoms with Crippen molar-refractivity contribution in [2.24, 2.45) is 16.8 Å². The molecule has 0 spiro atoms. The van der Waals surface area contributed by atoms with Crippen LogP contribution in [-0.4, -0.2) is 34.9 Å². The maximum atomic E-state index is 12.0. The zero-order valence-electron chi connectivity index (χ0n) is 11.6. The first-order valence-corrected chi connectivity index (χ1v) is 7.15. The molecule has 22 heavy (non-hydrogen) atoms. The van der Waals surface area contributed by atoms with Gasteiger partial charge in [0.25, 0.3) is 0 Å². The van der Waals surface area contributed by atoms with Crippen molar-refractivity contribution < 1.29 is 9.21 Å². The minimum atomic E-state index is -0.471. The first-order valence-electron chi connectivity index (χ1n) is 6.77. The number of nitrogens with two attached hydrogens (primary N) is 1. The Hall–Kier alpha value is -2.32. The smallest absolute Gasteiger partial charge is 0.249 e. The highest BCUT2D eigenvalue weighted by Gasteiger charge is 2.34. The largest absolute Gasteiger partial charge is 0.468 e. The van der Waals surface area contributed by atoms with E-state index in [0.717, 1.165) is 5.69 Å². The van der Waals surface area contributed by atoms with E-state index in [4.69, 9.17) is 21.8 Å². The molecule has 0 radical (unpaired) electrons. The average molecular weight is 323 g/mol. The van der Waals surface area contributed by atoms with Crippen LogP contribution in [0, 0.1) is 5.92 Å². The molecule has 1 atom stereocenters. The zero-order valence-corrected chi connectivity index (χ0v) is 12.4. The fraction of sp³-hybridized carbons (Fsp3) is 0.308. The molecule has 0 saturated carbocycles. The Labute approximate surface area is 131 Å². The van der Waals surface area contributed by atoms with E-state index in [1.807, 2.05) is 0 Å². The Morgan fingerprint density at radius 3 is 3.09 bits per heavy atom. The average Bonchev–Trinajstić information content (AvgIpc) is 3.20. The first kappa shape index (κ1) is 14.6. The van der Waals surface area contributed by atoms with E-state index in [0.29, 0.717) is 41.7 Å². The second kappa shape index (κ2) is 6.20. The van der Waals surface area contributed by atoms with Gasteiger partial charge in [-0.05, 0) is 6.07 Å². The van der Waals surface area contributed by atoms with Gasteiger partial charge in [0, 0.05) is 19.5 Å². The Bertz CT molecular complexity index is 707. The summed E-state index contributed by atoms with van der Waals surface area (Å²) in [5.41, 5.74) is 9.97. The molecule has 1 unspecified atom stereocenters. The molecule has 8 nitrogen and oxygen atoms in total. The quantitative estimate of drug-likeness (QED) is 0.624. The van der Waals surface area contributed by atoms with E-state index in [-0.39, 0.29) is 5.91 Å². The number of hydrogen-bond acceptors (Lipinski definition) is 6.